The molecule has 1 aliphatic carbocycles. The van der Waals surface area contributed by atoms with Crippen molar-refractivity contribution >= 4 is 0 Å². The van der Waals surface area contributed by atoms with Crippen molar-refractivity contribution in [2.45, 2.75) is 38.4 Å². The molecule has 7 nitrogen and oxygen atoms in total. The molecule has 5 rings (SSSR count). The Morgan fingerprint density at radius 2 is 1.73 bits per heavy atom. The predicted molar refractivity (Wildman–Crippen MR) is 125 cm³/mol. The molecule has 0 aliphatic heterocycles. The molecule has 0 unspecified atom stereocenters. The topological polar surface area (TPSA) is 71.3 Å². The van der Waals surface area contributed by atoms with Gasteiger partial charge in [-0.15, -0.1) is 5.10 Å². The van der Waals surface area contributed by atoms with Gasteiger partial charge in [-0.05, 0) is 61.6 Å². The molecule has 7 heteroatoms. The number of nitrogens with zero attached hydrogens (tertiary/aromatic N) is 4. The summed E-state index contributed by atoms with van der Waals surface area (Å²) in [5.74, 6) is 2.02. The quantitative estimate of drug-likeness (QED) is 0.372. The first-order chi connectivity index (χ1) is 16.3. The maximum Gasteiger partial charge on any atom is 0.336 e. The largest absolute Gasteiger partial charge is 0.489 e. The highest BCUT2D eigenvalue weighted by Gasteiger charge is 2.21. The van der Waals surface area contributed by atoms with Crippen LogP contribution in [0.2, 0.25) is 0 Å². The van der Waals surface area contributed by atoms with Crippen molar-refractivity contribution in [1.29, 1.82) is 0 Å². The van der Waals surface area contributed by atoms with Crippen molar-refractivity contribution in [3.05, 3.63) is 78.5 Å². The van der Waals surface area contributed by atoms with Crippen LogP contribution in [0.25, 0.3) is 17.1 Å². The number of hydrogen-bond donors (Lipinski definition) is 0. The Hall–Kier alpha value is -3.87. The summed E-state index contributed by atoms with van der Waals surface area (Å²) in [6.07, 6.45) is 6.35. The lowest BCUT2D eigenvalue weighted by Crippen LogP contribution is -2.12. The van der Waals surface area contributed by atoms with E-state index in [0.29, 0.717) is 24.3 Å². The van der Waals surface area contributed by atoms with E-state index in [2.05, 4.69) is 10.1 Å². The Bertz CT molecular complexity index is 1170. The smallest absolute Gasteiger partial charge is 0.336 e. The number of pyridine rings is 1. The molecule has 0 amide bonds. The second kappa shape index (κ2) is 9.73. The van der Waals surface area contributed by atoms with E-state index >= 15 is 0 Å². The minimum absolute atomic E-state index is 0.177. The van der Waals surface area contributed by atoms with Crippen LogP contribution in [-0.2, 0) is 6.61 Å². The van der Waals surface area contributed by atoms with E-state index in [1.54, 1.807) is 24.1 Å². The van der Waals surface area contributed by atoms with Crippen LogP contribution in [0.3, 0.4) is 0 Å². The third-order valence-corrected chi connectivity index (χ3v) is 5.70. The fraction of sp³-hybridized carbons (Fsp3) is 0.269. The number of aromatic nitrogens is 4. The second-order valence-electron chi connectivity index (χ2n) is 8.01. The Kier molecular flexibility index (Phi) is 6.19. The van der Waals surface area contributed by atoms with Gasteiger partial charge in [0, 0.05) is 11.6 Å². The third-order valence-electron chi connectivity index (χ3n) is 5.70. The molecule has 168 valence electrons. The van der Waals surface area contributed by atoms with Gasteiger partial charge in [0.15, 0.2) is 5.82 Å². The monoisotopic (exact) mass is 442 g/mol. The van der Waals surface area contributed by atoms with Gasteiger partial charge in [0.2, 0.25) is 5.88 Å². The molecule has 0 saturated heterocycles. The lowest BCUT2D eigenvalue weighted by atomic mass is 10.2. The molecule has 2 aromatic heterocycles. The number of benzene rings is 2. The Balaban J connectivity index is 1.40. The summed E-state index contributed by atoms with van der Waals surface area (Å²) >= 11 is 0. The number of methoxy groups -OCH3 is 1. The van der Waals surface area contributed by atoms with Crippen LogP contribution < -0.4 is 14.2 Å². The zero-order valence-corrected chi connectivity index (χ0v) is 18.6. The first-order valence-corrected chi connectivity index (χ1v) is 11.2. The van der Waals surface area contributed by atoms with Gasteiger partial charge in [0.25, 0.3) is 0 Å². The minimum Gasteiger partial charge on any atom is -0.489 e. The molecule has 0 spiro atoms. The highest BCUT2D eigenvalue weighted by atomic mass is 16.5. The van der Waals surface area contributed by atoms with Crippen molar-refractivity contribution in [3.8, 4) is 34.7 Å². The van der Waals surface area contributed by atoms with Gasteiger partial charge in [-0.3, -0.25) is 0 Å². The molecule has 4 aromatic rings. The first kappa shape index (κ1) is 21.0. The number of ether oxygens (including phenoxy) is 3. The Morgan fingerprint density at radius 1 is 0.939 bits per heavy atom. The van der Waals surface area contributed by atoms with E-state index in [9.17, 15) is 0 Å². The zero-order chi connectivity index (χ0) is 22.5. The maximum absolute atomic E-state index is 6.08. The van der Waals surface area contributed by atoms with E-state index in [-0.39, 0.29) is 6.10 Å². The number of rotatable bonds is 8. The predicted octanol–water partition coefficient (Wildman–Crippen LogP) is 5.24. The highest BCUT2D eigenvalue weighted by Crippen LogP contribution is 2.28. The van der Waals surface area contributed by atoms with Crippen LogP contribution in [0.4, 0.5) is 0 Å². The second-order valence-corrected chi connectivity index (χ2v) is 8.01. The summed E-state index contributed by atoms with van der Waals surface area (Å²) in [5.41, 5.74) is 2.82. The van der Waals surface area contributed by atoms with Gasteiger partial charge in [-0.2, -0.15) is 4.98 Å². The molecule has 1 saturated carbocycles. The molecule has 0 N–H and O–H groups in total. The van der Waals surface area contributed by atoms with Crippen LogP contribution in [0.5, 0.6) is 17.6 Å². The summed E-state index contributed by atoms with van der Waals surface area (Å²) in [6.45, 7) is 0.521. The summed E-state index contributed by atoms with van der Waals surface area (Å²) < 4.78 is 19.0. The summed E-state index contributed by atoms with van der Waals surface area (Å²) in [7, 11) is 1.60. The van der Waals surface area contributed by atoms with Crippen LogP contribution in [-0.4, -0.2) is 33.0 Å². The van der Waals surface area contributed by atoms with E-state index in [4.69, 9.17) is 19.2 Å². The third kappa shape index (κ3) is 4.98. The van der Waals surface area contributed by atoms with E-state index < -0.39 is 0 Å². The van der Waals surface area contributed by atoms with Gasteiger partial charge in [0.05, 0.1) is 19.0 Å². The van der Waals surface area contributed by atoms with Gasteiger partial charge in [-0.25, -0.2) is 9.67 Å². The fourth-order valence-corrected chi connectivity index (χ4v) is 3.92. The van der Waals surface area contributed by atoms with Crippen LogP contribution in [0, 0.1) is 0 Å². The molecule has 2 aromatic carbocycles. The minimum atomic E-state index is 0.177. The molecule has 33 heavy (non-hydrogen) atoms. The van der Waals surface area contributed by atoms with Crippen molar-refractivity contribution < 1.29 is 14.2 Å². The van der Waals surface area contributed by atoms with E-state index in [0.717, 1.165) is 35.4 Å². The van der Waals surface area contributed by atoms with Crippen molar-refractivity contribution in [2.24, 2.45) is 0 Å². The van der Waals surface area contributed by atoms with Gasteiger partial charge in [0.1, 0.15) is 18.5 Å². The fourth-order valence-electron chi connectivity index (χ4n) is 3.92. The average Bonchev–Trinajstić information content (AvgIpc) is 3.54. The van der Waals surface area contributed by atoms with Gasteiger partial charge < -0.3 is 14.2 Å². The van der Waals surface area contributed by atoms with Crippen LogP contribution in [0.1, 0.15) is 31.2 Å². The lowest BCUT2D eigenvalue weighted by Gasteiger charge is -2.08. The Morgan fingerprint density at radius 3 is 2.42 bits per heavy atom. The van der Waals surface area contributed by atoms with Crippen molar-refractivity contribution in [3.63, 3.8) is 0 Å². The molecule has 0 bridgehead atoms. The molecular weight excluding hydrogens is 416 g/mol. The van der Waals surface area contributed by atoms with Crippen LogP contribution >= 0.6 is 0 Å². The summed E-state index contributed by atoms with van der Waals surface area (Å²) in [4.78, 5) is 9.03. The zero-order valence-electron chi connectivity index (χ0n) is 18.6. The Labute approximate surface area is 193 Å². The first-order valence-electron chi connectivity index (χ1n) is 11.2. The molecule has 2 heterocycles. The standard InChI is InChI=1S/C26H26N4O3/c1-31-24-16-13-21(17-27-24)30-25(28-26(29-30)33-23-9-5-6-10-23)20-11-14-22(15-12-20)32-18-19-7-3-2-4-8-19/h2-4,7-8,11-17,23H,5-6,9-10,18H2,1H3. The van der Waals surface area contributed by atoms with Gasteiger partial charge in [-0.1, -0.05) is 30.3 Å². The summed E-state index contributed by atoms with van der Waals surface area (Å²) in [6, 6.07) is 22.1. The molecular formula is C26H26N4O3. The van der Waals surface area contributed by atoms with Gasteiger partial charge >= 0.3 is 6.01 Å². The van der Waals surface area contributed by atoms with Crippen molar-refractivity contribution in [1.82, 2.24) is 19.7 Å². The van der Waals surface area contributed by atoms with Crippen LogP contribution in [0.15, 0.2) is 72.9 Å². The normalized spacial score (nSPS) is 13.7. The number of hydrogen-bond acceptors (Lipinski definition) is 6. The highest BCUT2D eigenvalue weighted by molar-refractivity contribution is 5.59. The van der Waals surface area contributed by atoms with E-state index in [1.807, 2.05) is 60.7 Å². The van der Waals surface area contributed by atoms with Crippen molar-refractivity contribution in [2.75, 3.05) is 7.11 Å². The maximum atomic E-state index is 6.08. The SMILES string of the molecule is COc1ccc(-n2nc(OC3CCCC3)nc2-c2ccc(OCc3ccccc3)cc2)cn1. The molecule has 0 radical (unpaired) electrons. The van der Waals surface area contributed by atoms with E-state index in [1.165, 1.54) is 12.8 Å². The molecule has 1 fully saturated rings. The average molecular weight is 443 g/mol. The summed E-state index contributed by atoms with van der Waals surface area (Å²) in [5, 5.41) is 4.65. The lowest BCUT2D eigenvalue weighted by molar-refractivity contribution is 0.192. The molecule has 1 aliphatic rings. The molecule has 0 atom stereocenters.